The molecule has 1 unspecified atom stereocenters. The van der Waals surface area contributed by atoms with Gasteiger partial charge >= 0.3 is 0 Å². The Morgan fingerprint density at radius 1 is 1.43 bits per heavy atom. The van der Waals surface area contributed by atoms with Crippen molar-refractivity contribution in [2.24, 2.45) is 11.7 Å². The molecule has 0 aliphatic heterocycles. The van der Waals surface area contributed by atoms with Crippen LogP contribution in [0.5, 0.6) is 0 Å². The van der Waals surface area contributed by atoms with Gasteiger partial charge in [-0.1, -0.05) is 19.8 Å². The highest BCUT2D eigenvalue weighted by Crippen LogP contribution is 2.34. The van der Waals surface area contributed by atoms with E-state index in [2.05, 4.69) is 6.92 Å². The highest BCUT2D eigenvalue weighted by molar-refractivity contribution is 5.11. The summed E-state index contributed by atoms with van der Waals surface area (Å²) in [4.78, 5) is 0. The van der Waals surface area contributed by atoms with Crippen LogP contribution in [0.25, 0.3) is 0 Å². The standard InChI is InChI=1S/C12H19NO/c1-2-10-7-8-11(14-10)12(13)9-5-3-4-6-9/h7-9,12H,2-6,13H2,1H3. The lowest BCUT2D eigenvalue weighted by Gasteiger charge is -2.15. The van der Waals surface area contributed by atoms with E-state index in [1.807, 2.05) is 12.1 Å². The van der Waals surface area contributed by atoms with Gasteiger partial charge in [-0.15, -0.1) is 0 Å². The summed E-state index contributed by atoms with van der Waals surface area (Å²) in [5.41, 5.74) is 6.17. The molecule has 2 rings (SSSR count). The van der Waals surface area contributed by atoms with E-state index in [0.29, 0.717) is 5.92 Å². The number of hydrogen-bond acceptors (Lipinski definition) is 2. The zero-order chi connectivity index (χ0) is 9.97. The SMILES string of the molecule is CCc1ccc(C(N)C2CCCC2)o1. The second kappa shape index (κ2) is 4.18. The monoisotopic (exact) mass is 193 g/mol. The van der Waals surface area contributed by atoms with Gasteiger partial charge in [-0.2, -0.15) is 0 Å². The molecule has 0 aromatic carbocycles. The summed E-state index contributed by atoms with van der Waals surface area (Å²) in [5, 5.41) is 0. The molecule has 2 N–H and O–H groups in total. The average Bonchev–Trinajstić information content (AvgIpc) is 2.88. The first-order chi connectivity index (χ1) is 6.81. The number of aryl methyl sites for hydroxylation is 1. The lowest BCUT2D eigenvalue weighted by molar-refractivity contribution is 0.358. The van der Waals surface area contributed by atoms with Crippen LogP contribution in [0, 0.1) is 5.92 Å². The second-order valence-electron chi connectivity index (χ2n) is 4.23. The maximum atomic E-state index is 6.17. The largest absolute Gasteiger partial charge is 0.464 e. The van der Waals surface area contributed by atoms with Gasteiger partial charge in [0.2, 0.25) is 0 Å². The lowest BCUT2D eigenvalue weighted by Crippen LogP contribution is -2.18. The highest BCUT2D eigenvalue weighted by atomic mass is 16.3. The van der Waals surface area contributed by atoms with E-state index in [0.717, 1.165) is 17.9 Å². The van der Waals surface area contributed by atoms with Crippen molar-refractivity contribution in [1.82, 2.24) is 0 Å². The molecule has 2 nitrogen and oxygen atoms in total. The average molecular weight is 193 g/mol. The lowest BCUT2D eigenvalue weighted by atomic mass is 9.97. The van der Waals surface area contributed by atoms with Crippen LogP contribution in [0.15, 0.2) is 16.5 Å². The van der Waals surface area contributed by atoms with Crippen LogP contribution in [-0.4, -0.2) is 0 Å². The summed E-state index contributed by atoms with van der Waals surface area (Å²) in [6.07, 6.45) is 6.16. The van der Waals surface area contributed by atoms with Gasteiger partial charge in [0.05, 0.1) is 6.04 Å². The molecule has 1 aromatic rings. The third-order valence-electron chi connectivity index (χ3n) is 3.27. The molecule has 1 saturated carbocycles. The summed E-state index contributed by atoms with van der Waals surface area (Å²) in [5.74, 6) is 2.67. The van der Waals surface area contributed by atoms with Gasteiger partial charge in [0.25, 0.3) is 0 Å². The molecule has 1 atom stereocenters. The number of nitrogens with two attached hydrogens (primary N) is 1. The second-order valence-corrected chi connectivity index (χ2v) is 4.23. The van der Waals surface area contributed by atoms with Crippen molar-refractivity contribution in [3.05, 3.63) is 23.7 Å². The Bertz CT molecular complexity index is 286. The molecule has 0 amide bonds. The van der Waals surface area contributed by atoms with E-state index >= 15 is 0 Å². The van der Waals surface area contributed by atoms with Crippen LogP contribution in [0.4, 0.5) is 0 Å². The highest BCUT2D eigenvalue weighted by Gasteiger charge is 2.25. The zero-order valence-electron chi connectivity index (χ0n) is 8.83. The van der Waals surface area contributed by atoms with Crippen molar-refractivity contribution < 1.29 is 4.42 Å². The quantitative estimate of drug-likeness (QED) is 0.801. The van der Waals surface area contributed by atoms with Gasteiger partial charge in [0.15, 0.2) is 0 Å². The Morgan fingerprint density at radius 2 is 2.14 bits per heavy atom. The topological polar surface area (TPSA) is 39.2 Å². The van der Waals surface area contributed by atoms with Crippen molar-refractivity contribution in [1.29, 1.82) is 0 Å². The van der Waals surface area contributed by atoms with Crippen LogP contribution < -0.4 is 5.73 Å². The van der Waals surface area contributed by atoms with Gasteiger partial charge in [-0.25, -0.2) is 0 Å². The molecule has 1 aromatic heterocycles. The molecule has 1 fully saturated rings. The van der Waals surface area contributed by atoms with Crippen molar-refractivity contribution >= 4 is 0 Å². The molecule has 1 aliphatic rings. The number of hydrogen-bond donors (Lipinski definition) is 1. The van der Waals surface area contributed by atoms with E-state index < -0.39 is 0 Å². The van der Waals surface area contributed by atoms with E-state index in [4.69, 9.17) is 10.2 Å². The first-order valence-electron chi connectivity index (χ1n) is 5.65. The molecule has 0 saturated heterocycles. The predicted octanol–water partition coefficient (Wildman–Crippen LogP) is 3.03. The fourth-order valence-corrected chi connectivity index (χ4v) is 2.31. The van der Waals surface area contributed by atoms with E-state index in [1.165, 1.54) is 25.7 Å². The molecule has 78 valence electrons. The fourth-order valence-electron chi connectivity index (χ4n) is 2.31. The van der Waals surface area contributed by atoms with Crippen molar-refractivity contribution in [2.45, 2.75) is 45.1 Å². The third-order valence-corrected chi connectivity index (χ3v) is 3.27. The minimum Gasteiger partial charge on any atom is -0.464 e. The molecule has 14 heavy (non-hydrogen) atoms. The zero-order valence-corrected chi connectivity index (χ0v) is 8.83. The molecule has 1 heterocycles. The van der Waals surface area contributed by atoms with E-state index in [-0.39, 0.29) is 6.04 Å². The van der Waals surface area contributed by atoms with Crippen LogP contribution in [0.3, 0.4) is 0 Å². The number of furan rings is 1. The Labute approximate surface area is 85.5 Å². The fraction of sp³-hybridized carbons (Fsp3) is 0.667. The van der Waals surface area contributed by atoms with Crippen LogP contribution >= 0.6 is 0 Å². The molecule has 2 heteroatoms. The maximum absolute atomic E-state index is 6.17. The minimum absolute atomic E-state index is 0.123. The Hall–Kier alpha value is -0.760. The van der Waals surface area contributed by atoms with Gasteiger partial charge in [-0.3, -0.25) is 0 Å². The van der Waals surface area contributed by atoms with Gasteiger partial charge in [0.1, 0.15) is 11.5 Å². The minimum atomic E-state index is 0.123. The summed E-state index contributed by atoms with van der Waals surface area (Å²) < 4.78 is 5.68. The molecule has 0 bridgehead atoms. The van der Waals surface area contributed by atoms with Crippen LogP contribution in [0.2, 0.25) is 0 Å². The summed E-state index contributed by atoms with van der Waals surface area (Å²) >= 11 is 0. The number of rotatable bonds is 3. The first kappa shape index (κ1) is 9.78. The summed E-state index contributed by atoms with van der Waals surface area (Å²) in [7, 11) is 0. The summed E-state index contributed by atoms with van der Waals surface area (Å²) in [6.45, 7) is 2.10. The molecule has 0 spiro atoms. The summed E-state index contributed by atoms with van der Waals surface area (Å²) in [6, 6.07) is 4.21. The maximum Gasteiger partial charge on any atom is 0.121 e. The Kier molecular flexibility index (Phi) is 2.92. The molecular weight excluding hydrogens is 174 g/mol. The van der Waals surface area contributed by atoms with Crippen molar-refractivity contribution in [3.8, 4) is 0 Å². The Balaban J connectivity index is 2.05. The van der Waals surface area contributed by atoms with Gasteiger partial charge in [0, 0.05) is 6.42 Å². The van der Waals surface area contributed by atoms with Gasteiger partial charge < -0.3 is 10.2 Å². The normalized spacial score (nSPS) is 20.1. The van der Waals surface area contributed by atoms with Gasteiger partial charge in [-0.05, 0) is 30.9 Å². The Morgan fingerprint density at radius 3 is 2.71 bits per heavy atom. The van der Waals surface area contributed by atoms with Crippen molar-refractivity contribution in [3.63, 3.8) is 0 Å². The van der Waals surface area contributed by atoms with Crippen LogP contribution in [0.1, 0.15) is 50.2 Å². The third kappa shape index (κ3) is 1.85. The molecular formula is C12H19NO. The first-order valence-corrected chi connectivity index (χ1v) is 5.65. The predicted molar refractivity (Wildman–Crippen MR) is 57.0 cm³/mol. The van der Waals surface area contributed by atoms with E-state index in [1.54, 1.807) is 0 Å². The van der Waals surface area contributed by atoms with E-state index in [9.17, 15) is 0 Å². The van der Waals surface area contributed by atoms with Crippen molar-refractivity contribution in [2.75, 3.05) is 0 Å². The van der Waals surface area contributed by atoms with Crippen LogP contribution in [-0.2, 0) is 6.42 Å². The molecule has 0 radical (unpaired) electrons. The smallest absolute Gasteiger partial charge is 0.121 e. The molecule has 1 aliphatic carbocycles.